The third kappa shape index (κ3) is 5.04. The lowest BCUT2D eigenvalue weighted by Crippen LogP contribution is -2.34. The van der Waals surface area contributed by atoms with E-state index >= 15 is 0 Å². The van der Waals surface area contributed by atoms with Crippen LogP contribution in [0.1, 0.15) is 36.0 Å². The van der Waals surface area contributed by atoms with E-state index in [9.17, 15) is 0 Å². The highest BCUT2D eigenvalue weighted by molar-refractivity contribution is 5.38. The number of pyridine rings is 1. The monoisotopic (exact) mass is 407 g/mol. The topological polar surface area (TPSA) is 65.3 Å². The first kappa shape index (κ1) is 20.5. The van der Waals surface area contributed by atoms with E-state index in [4.69, 9.17) is 9.47 Å². The zero-order chi connectivity index (χ0) is 20.6. The molecule has 0 spiro atoms. The second kappa shape index (κ2) is 10.3. The predicted molar refractivity (Wildman–Crippen MR) is 116 cm³/mol. The third-order valence-electron chi connectivity index (χ3n) is 5.54. The molecule has 2 aromatic heterocycles. The van der Waals surface area contributed by atoms with Crippen molar-refractivity contribution in [2.75, 3.05) is 38.3 Å². The van der Waals surface area contributed by atoms with Gasteiger partial charge in [-0.3, -0.25) is 0 Å². The van der Waals surface area contributed by atoms with E-state index in [1.807, 2.05) is 24.4 Å². The summed E-state index contributed by atoms with van der Waals surface area (Å²) in [6.07, 6.45) is 3.93. The predicted octanol–water partition coefficient (Wildman–Crippen LogP) is 3.27. The Morgan fingerprint density at radius 1 is 0.967 bits per heavy atom. The van der Waals surface area contributed by atoms with Crippen molar-refractivity contribution in [2.45, 2.75) is 31.9 Å². The zero-order valence-electron chi connectivity index (χ0n) is 17.5. The minimum atomic E-state index is 0.383. The standard InChI is InChI=1S/C23H29N5O2/c1-29-15-16-30-18-22-25-26-23(28(22)17-19-7-3-2-4-8-19)20-10-13-27(14-11-20)21-9-5-6-12-24-21/h2-9,12,20H,10-11,13-18H2,1H3. The van der Waals surface area contributed by atoms with Gasteiger partial charge in [-0.15, -0.1) is 10.2 Å². The second-order valence-corrected chi connectivity index (χ2v) is 7.54. The van der Waals surface area contributed by atoms with Gasteiger partial charge in [0.1, 0.15) is 18.2 Å². The summed E-state index contributed by atoms with van der Waals surface area (Å²) in [5.41, 5.74) is 1.24. The van der Waals surface area contributed by atoms with Crippen LogP contribution in [0.25, 0.3) is 0 Å². The minimum Gasteiger partial charge on any atom is -0.382 e. The van der Waals surface area contributed by atoms with Crippen LogP contribution in [0.5, 0.6) is 0 Å². The third-order valence-corrected chi connectivity index (χ3v) is 5.54. The fourth-order valence-corrected chi connectivity index (χ4v) is 3.91. The highest BCUT2D eigenvalue weighted by atomic mass is 16.5. The van der Waals surface area contributed by atoms with Gasteiger partial charge in [-0.05, 0) is 30.5 Å². The first-order valence-corrected chi connectivity index (χ1v) is 10.5. The molecule has 7 heteroatoms. The Labute approximate surface area is 177 Å². The van der Waals surface area contributed by atoms with Crippen LogP contribution in [0.15, 0.2) is 54.7 Å². The van der Waals surface area contributed by atoms with E-state index in [0.29, 0.717) is 25.7 Å². The fourth-order valence-electron chi connectivity index (χ4n) is 3.91. The fraction of sp³-hybridized carbons (Fsp3) is 0.435. The molecule has 0 N–H and O–H groups in total. The van der Waals surface area contributed by atoms with Crippen molar-refractivity contribution in [3.05, 3.63) is 71.9 Å². The molecule has 0 atom stereocenters. The molecule has 4 rings (SSSR count). The highest BCUT2D eigenvalue weighted by Gasteiger charge is 2.26. The summed E-state index contributed by atoms with van der Waals surface area (Å²) in [6.45, 7) is 4.26. The maximum atomic E-state index is 5.75. The van der Waals surface area contributed by atoms with E-state index in [1.54, 1.807) is 7.11 Å². The summed E-state index contributed by atoms with van der Waals surface area (Å²) in [5, 5.41) is 9.08. The Kier molecular flexibility index (Phi) is 7.05. The normalized spacial score (nSPS) is 14.9. The number of hydrogen-bond donors (Lipinski definition) is 0. The zero-order valence-corrected chi connectivity index (χ0v) is 17.5. The van der Waals surface area contributed by atoms with Gasteiger partial charge in [0.25, 0.3) is 0 Å². The number of anilines is 1. The van der Waals surface area contributed by atoms with Crippen LogP contribution in [0.3, 0.4) is 0 Å². The van der Waals surface area contributed by atoms with Crippen LogP contribution in [0, 0.1) is 0 Å². The molecule has 3 aromatic rings. The molecule has 0 bridgehead atoms. The summed E-state index contributed by atoms with van der Waals surface area (Å²) in [4.78, 5) is 6.84. The van der Waals surface area contributed by atoms with Gasteiger partial charge in [0.05, 0.1) is 19.8 Å². The lowest BCUT2D eigenvalue weighted by molar-refractivity contribution is 0.0572. The summed E-state index contributed by atoms with van der Waals surface area (Å²) in [6, 6.07) is 16.5. The minimum absolute atomic E-state index is 0.383. The Hall–Kier alpha value is -2.77. The summed E-state index contributed by atoms with van der Waals surface area (Å²) >= 11 is 0. The number of ether oxygens (including phenoxy) is 2. The van der Waals surface area contributed by atoms with Gasteiger partial charge in [0.2, 0.25) is 0 Å². The second-order valence-electron chi connectivity index (χ2n) is 7.54. The molecule has 1 aromatic carbocycles. The lowest BCUT2D eigenvalue weighted by Gasteiger charge is -2.32. The van der Waals surface area contributed by atoms with Crippen molar-refractivity contribution in [3.8, 4) is 0 Å². The quantitative estimate of drug-likeness (QED) is 0.507. The van der Waals surface area contributed by atoms with Crippen LogP contribution in [-0.2, 0) is 22.6 Å². The van der Waals surface area contributed by atoms with Gasteiger partial charge in [-0.2, -0.15) is 0 Å². The molecule has 0 unspecified atom stereocenters. The average molecular weight is 408 g/mol. The maximum Gasteiger partial charge on any atom is 0.159 e. The molecule has 158 valence electrons. The SMILES string of the molecule is COCCOCc1nnc(C2CCN(c3ccccn3)CC2)n1Cc1ccccc1. The van der Waals surface area contributed by atoms with Gasteiger partial charge in [-0.1, -0.05) is 36.4 Å². The van der Waals surface area contributed by atoms with E-state index in [-0.39, 0.29) is 0 Å². The van der Waals surface area contributed by atoms with Crippen molar-refractivity contribution < 1.29 is 9.47 Å². The first-order valence-electron chi connectivity index (χ1n) is 10.5. The van der Waals surface area contributed by atoms with Crippen molar-refractivity contribution >= 4 is 5.82 Å². The molecular weight excluding hydrogens is 378 g/mol. The van der Waals surface area contributed by atoms with Crippen molar-refractivity contribution in [3.63, 3.8) is 0 Å². The summed E-state index contributed by atoms with van der Waals surface area (Å²) in [7, 11) is 1.68. The van der Waals surface area contributed by atoms with Crippen molar-refractivity contribution in [2.24, 2.45) is 0 Å². The molecule has 0 saturated carbocycles. The van der Waals surface area contributed by atoms with E-state index < -0.39 is 0 Å². The van der Waals surface area contributed by atoms with Crippen molar-refractivity contribution in [1.82, 2.24) is 19.7 Å². The lowest BCUT2D eigenvalue weighted by atomic mass is 9.95. The van der Waals surface area contributed by atoms with Gasteiger partial charge in [-0.25, -0.2) is 4.98 Å². The number of hydrogen-bond acceptors (Lipinski definition) is 6. The molecule has 1 saturated heterocycles. The summed E-state index contributed by atoms with van der Waals surface area (Å²) in [5.74, 6) is 3.37. The Balaban J connectivity index is 1.48. The number of nitrogens with zero attached hydrogens (tertiary/aromatic N) is 5. The largest absolute Gasteiger partial charge is 0.382 e. The number of rotatable bonds is 9. The van der Waals surface area contributed by atoms with Crippen molar-refractivity contribution in [1.29, 1.82) is 0 Å². The van der Waals surface area contributed by atoms with Gasteiger partial charge in [0.15, 0.2) is 5.82 Å². The average Bonchev–Trinajstić information content (AvgIpc) is 3.20. The Morgan fingerprint density at radius 2 is 1.77 bits per heavy atom. The van der Waals surface area contributed by atoms with E-state index in [0.717, 1.165) is 49.9 Å². The molecule has 3 heterocycles. The van der Waals surface area contributed by atoms with Gasteiger partial charge < -0.3 is 18.9 Å². The van der Waals surface area contributed by atoms with E-state index in [1.165, 1.54) is 5.56 Å². The van der Waals surface area contributed by atoms with Gasteiger partial charge in [0, 0.05) is 32.3 Å². The van der Waals surface area contributed by atoms with Crippen LogP contribution >= 0.6 is 0 Å². The molecule has 0 amide bonds. The molecule has 30 heavy (non-hydrogen) atoms. The number of methoxy groups -OCH3 is 1. The van der Waals surface area contributed by atoms with Crippen LogP contribution in [0.2, 0.25) is 0 Å². The number of piperidine rings is 1. The molecular formula is C23H29N5O2. The first-order chi connectivity index (χ1) is 14.8. The Morgan fingerprint density at radius 3 is 2.50 bits per heavy atom. The van der Waals surface area contributed by atoms with Crippen LogP contribution in [0.4, 0.5) is 5.82 Å². The van der Waals surface area contributed by atoms with Crippen LogP contribution < -0.4 is 4.90 Å². The maximum absolute atomic E-state index is 5.75. The number of benzene rings is 1. The van der Waals surface area contributed by atoms with Gasteiger partial charge >= 0.3 is 0 Å². The molecule has 1 aliphatic rings. The molecule has 0 aliphatic carbocycles. The summed E-state index contributed by atoms with van der Waals surface area (Å²) < 4.78 is 13.1. The van der Waals surface area contributed by atoms with Crippen LogP contribution in [-0.4, -0.2) is 53.2 Å². The van der Waals surface area contributed by atoms with E-state index in [2.05, 4.69) is 55.0 Å². The molecule has 7 nitrogen and oxygen atoms in total. The smallest absolute Gasteiger partial charge is 0.159 e. The number of aromatic nitrogens is 4. The molecule has 1 aliphatic heterocycles. The molecule has 0 radical (unpaired) electrons. The highest BCUT2D eigenvalue weighted by Crippen LogP contribution is 2.29. The molecule has 1 fully saturated rings. The Bertz CT molecular complexity index is 892.